The normalized spacial score (nSPS) is 20.9. The highest BCUT2D eigenvalue weighted by Gasteiger charge is 2.50. The molecule has 1 aliphatic heterocycles. The Hall–Kier alpha value is -1.42. The number of amides is 1. The van der Waals surface area contributed by atoms with Crippen molar-refractivity contribution in [3.63, 3.8) is 0 Å². The topological polar surface area (TPSA) is 59.2 Å². The molecule has 2 heterocycles. The standard InChI is InChI=1S/C13H17N3O/c14-9-13(4-5-13)12(17)16-7-3-11-10(8-16)2-1-6-15-11/h1-2,6H,3-5,7-9,14H2. The van der Waals surface area contributed by atoms with Gasteiger partial charge in [0.25, 0.3) is 0 Å². The quantitative estimate of drug-likeness (QED) is 0.815. The zero-order valence-corrected chi connectivity index (χ0v) is 9.85. The number of rotatable bonds is 2. The van der Waals surface area contributed by atoms with E-state index in [0.717, 1.165) is 31.5 Å². The molecule has 0 unspecified atom stereocenters. The number of aromatic nitrogens is 1. The lowest BCUT2D eigenvalue weighted by atomic mass is 10.0. The van der Waals surface area contributed by atoms with Crippen molar-refractivity contribution in [2.24, 2.45) is 11.1 Å². The van der Waals surface area contributed by atoms with E-state index < -0.39 is 0 Å². The lowest BCUT2D eigenvalue weighted by Crippen LogP contribution is -2.43. The maximum absolute atomic E-state index is 12.3. The van der Waals surface area contributed by atoms with Crippen LogP contribution < -0.4 is 5.73 Å². The molecular formula is C13H17N3O. The first-order valence-corrected chi connectivity index (χ1v) is 6.17. The Morgan fingerprint density at radius 3 is 3.06 bits per heavy atom. The van der Waals surface area contributed by atoms with Gasteiger partial charge in [0.1, 0.15) is 0 Å². The fourth-order valence-corrected chi connectivity index (χ4v) is 2.53. The fourth-order valence-electron chi connectivity index (χ4n) is 2.53. The van der Waals surface area contributed by atoms with E-state index in [2.05, 4.69) is 11.1 Å². The molecular weight excluding hydrogens is 214 g/mol. The molecule has 1 aromatic rings. The fraction of sp³-hybridized carbons (Fsp3) is 0.538. The predicted molar refractivity (Wildman–Crippen MR) is 64.1 cm³/mol. The molecule has 1 aliphatic carbocycles. The molecule has 0 radical (unpaired) electrons. The van der Waals surface area contributed by atoms with Crippen molar-refractivity contribution in [2.45, 2.75) is 25.8 Å². The van der Waals surface area contributed by atoms with Gasteiger partial charge in [-0.3, -0.25) is 9.78 Å². The molecule has 4 heteroatoms. The summed E-state index contributed by atoms with van der Waals surface area (Å²) in [5, 5.41) is 0. The van der Waals surface area contributed by atoms with Crippen LogP contribution in [-0.2, 0) is 17.8 Å². The highest BCUT2D eigenvalue weighted by molar-refractivity contribution is 5.85. The smallest absolute Gasteiger partial charge is 0.230 e. The highest BCUT2D eigenvalue weighted by Crippen LogP contribution is 2.46. The first-order valence-electron chi connectivity index (χ1n) is 6.17. The summed E-state index contributed by atoms with van der Waals surface area (Å²) < 4.78 is 0. The SMILES string of the molecule is NCC1(C(=O)N2CCc3ncccc3C2)CC1. The van der Waals surface area contributed by atoms with Crippen molar-refractivity contribution in [1.82, 2.24) is 9.88 Å². The maximum Gasteiger partial charge on any atom is 0.230 e. The van der Waals surface area contributed by atoms with Crippen molar-refractivity contribution in [3.8, 4) is 0 Å². The van der Waals surface area contributed by atoms with E-state index in [1.165, 1.54) is 5.56 Å². The Labute approximate surface area is 101 Å². The number of carbonyl (C=O) groups excluding carboxylic acids is 1. The number of pyridine rings is 1. The minimum atomic E-state index is -0.223. The van der Waals surface area contributed by atoms with Crippen LogP contribution in [0.15, 0.2) is 18.3 Å². The third-order valence-corrected chi connectivity index (χ3v) is 3.95. The first-order chi connectivity index (χ1) is 8.25. The van der Waals surface area contributed by atoms with Crippen LogP contribution in [0.2, 0.25) is 0 Å². The molecule has 1 amide bonds. The zero-order valence-electron chi connectivity index (χ0n) is 9.85. The summed E-state index contributed by atoms with van der Waals surface area (Å²) in [5.74, 6) is 0.245. The predicted octanol–water partition coefficient (Wildman–Crippen LogP) is 0.705. The Morgan fingerprint density at radius 2 is 2.35 bits per heavy atom. The second kappa shape index (κ2) is 3.81. The molecule has 0 aromatic carbocycles. The van der Waals surface area contributed by atoms with E-state index in [4.69, 9.17) is 5.73 Å². The summed E-state index contributed by atoms with van der Waals surface area (Å²) >= 11 is 0. The van der Waals surface area contributed by atoms with Crippen LogP contribution in [0.25, 0.3) is 0 Å². The van der Waals surface area contributed by atoms with Crippen molar-refractivity contribution in [2.75, 3.05) is 13.1 Å². The monoisotopic (exact) mass is 231 g/mol. The summed E-state index contributed by atoms with van der Waals surface area (Å²) in [5.41, 5.74) is 7.80. The van der Waals surface area contributed by atoms with E-state index in [1.807, 2.05) is 17.2 Å². The van der Waals surface area contributed by atoms with Crippen molar-refractivity contribution in [3.05, 3.63) is 29.6 Å². The minimum absolute atomic E-state index is 0.223. The Bertz CT molecular complexity index is 454. The van der Waals surface area contributed by atoms with Gasteiger partial charge in [0.15, 0.2) is 0 Å². The van der Waals surface area contributed by atoms with Gasteiger partial charge in [-0.15, -0.1) is 0 Å². The van der Waals surface area contributed by atoms with Gasteiger partial charge in [-0.1, -0.05) is 6.07 Å². The average molecular weight is 231 g/mol. The van der Waals surface area contributed by atoms with Crippen LogP contribution in [0.4, 0.5) is 0 Å². The summed E-state index contributed by atoms with van der Waals surface area (Å²) in [6.07, 6.45) is 4.60. The largest absolute Gasteiger partial charge is 0.337 e. The van der Waals surface area contributed by atoms with E-state index >= 15 is 0 Å². The third kappa shape index (κ3) is 1.72. The van der Waals surface area contributed by atoms with Crippen LogP contribution in [-0.4, -0.2) is 28.9 Å². The number of hydrogen-bond acceptors (Lipinski definition) is 3. The average Bonchev–Trinajstić information content (AvgIpc) is 3.18. The molecule has 0 bridgehead atoms. The zero-order chi connectivity index (χ0) is 11.9. The van der Waals surface area contributed by atoms with E-state index in [-0.39, 0.29) is 11.3 Å². The van der Waals surface area contributed by atoms with E-state index in [9.17, 15) is 4.79 Å². The molecule has 2 aliphatic rings. The maximum atomic E-state index is 12.3. The van der Waals surface area contributed by atoms with Gasteiger partial charge in [-0.25, -0.2) is 0 Å². The lowest BCUT2D eigenvalue weighted by molar-refractivity contribution is -0.137. The number of nitrogens with two attached hydrogens (primary N) is 1. The van der Waals surface area contributed by atoms with Crippen LogP contribution >= 0.6 is 0 Å². The van der Waals surface area contributed by atoms with Crippen LogP contribution in [0.1, 0.15) is 24.1 Å². The third-order valence-electron chi connectivity index (χ3n) is 3.95. The number of hydrogen-bond donors (Lipinski definition) is 1. The second-order valence-electron chi connectivity index (χ2n) is 5.07. The van der Waals surface area contributed by atoms with Crippen LogP contribution in [0.5, 0.6) is 0 Å². The molecule has 90 valence electrons. The molecule has 0 spiro atoms. The molecule has 1 saturated carbocycles. The summed E-state index contributed by atoms with van der Waals surface area (Å²) in [6, 6.07) is 3.99. The molecule has 1 aromatic heterocycles. The molecule has 1 fully saturated rings. The van der Waals surface area contributed by atoms with Gasteiger partial charge >= 0.3 is 0 Å². The van der Waals surface area contributed by atoms with Gasteiger partial charge < -0.3 is 10.6 Å². The van der Waals surface area contributed by atoms with Gasteiger partial charge in [0, 0.05) is 37.9 Å². The molecule has 0 atom stereocenters. The van der Waals surface area contributed by atoms with Gasteiger partial charge in [0.2, 0.25) is 5.91 Å². The number of fused-ring (bicyclic) bond motifs is 1. The van der Waals surface area contributed by atoms with E-state index in [0.29, 0.717) is 13.1 Å². The number of carbonyl (C=O) groups is 1. The lowest BCUT2D eigenvalue weighted by Gasteiger charge is -2.31. The Kier molecular flexibility index (Phi) is 2.40. The first kappa shape index (κ1) is 10.7. The molecule has 2 N–H and O–H groups in total. The van der Waals surface area contributed by atoms with Crippen molar-refractivity contribution >= 4 is 5.91 Å². The van der Waals surface area contributed by atoms with Crippen molar-refractivity contribution < 1.29 is 4.79 Å². The number of nitrogens with zero attached hydrogens (tertiary/aromatic N) is 2. The van der Waals surface area contributed by atoms with Gasteiger partial charge in [-0.05, 0) is 24.5 Å². The molecule has 3 rings (SSSR count). The Balaban J connectivity index is 1.78. The minimum Gasteiger partial charge on any atom is -0.337 e. The van der Waals surface area contributed by atoms with Crippen LogP contribution in [0, 0.1) is 5.41 Å². The summed E-state index contributed by atoms with van der Waals surface area (Å²) in [6.45, 7) is 1.97. The summed E-state index contributed by atoms with van der Waals surface area (Å²) in [4.78, 5) is 18.6. The van der Waals surface area contributed by atoms with Gasteiger partial charge in [0.05, 0.1) is 5.41 Å². The Morgan fingerprint density at radius 1 is 1.53 bits per heavy atom. The molecule has 17 heavy (non-hydrogen) atoms. The highest BCUT2D eigenvalue weighted by atomic mass is 16.2. The van der Waals surface area contributed by atoms with Crippen molar-refractivity contribution in [1.29, 1.82) is 0 Å². The van der Waals surface area contributed by atoms with Crippen LogP contribution in [0.3, 0.4) is 0 Å². The molecule has 0 saturated heterocycles. The van der Waals surface area contributed by atoms with Gasteiger partial charge in [-0.2, -0.15) is 0 Å². The second-order valence-corrected chi connectivity index (χ2v) is 5.07. The summed E-state index contributed by atoms with van der Waals surface area (Å²) in [7, 11) is 0. The van der Waals surface area contributed by atoms with E-state index in [1.54, 1.807) is 0 Å². The molecule has 4 nitrogen and oxygen atoms in total.